The summed E-state index contributed by atoms with van der Waals surface area (Å²) in [7, 11) is 0. The minimum atomic E-state index is -0.253. The van der Waals surface area contributed by atoms with Gasteiger partial charge in [0.1, 0.15) is 11.6 Å². The van der Waals surface area contributed by atoms with Crippen molar-refractivity contribution in [3.8, 4) is 11.4 Å². The van der Waals surface area contributed by atoms with Gasteiger partial charge >= 0.3 is 0 Å². The first kappa shape index (κ1) is 20.3. The van der Waals surface area contributed by atoms with Gasteiger partial charge in [0.25, 0.3) is 11.5 Å². The van der Waals surface area contributed by atoms with E-state index in [1.165, 1.54) is 0 Å². The van der Waals surface area contributed by atoms with Gasteiger partial charge in [-0.15, -0.1) is 0 Å². The zero-order chi connectivity index (χ0) is 22.0. The molecule has 0 bridgehead atoms. The first-order chi connectivity index (χ1) is 14.9. The fourth-order valence-electron chi connectivity index (χ4n) is 3.44. The summed E-state index contributed by atoms with van der Waals surface area (Å²) in [6, 6.07) is 20.3. The van der Waals surface area contributed by atoms with E-state index in [9.17, 15) is 9.59 Å². The van der Waals surface area contributed by atoms with Crippen LogP contribution in [-0.2, 0) is 4.79 Å². The molecule has 4 rings (SSSR count). The average Bonchev–Trinajstić information content (AvgIpc) is 2.75. The largest absolute Gasteiger partial charge is 0.484 e. The summed E-state index contributed by atoms with van der Waals surface area (Å²) in [4.78, 5) is 29.9. The summed E-state index contributed by atoms with van der Waals surface area (Å²) < 4.78 is 7.12. The van der Waals surface area contributed by atoms with Crippen LogP contribution in [0.3, 0.4) is 0 Å². The number of amides is 1. The zero-order valence-corrected chi connectivity index (χ0v) is 17.7. The minimum Gasteiger partial charge on any atom is -0.484 e. The molecule has 3 aromatic carbocycles. The summed E-state index contributed by atoms with van der Waals surface area (Å²) >= 11 is 0. The number of anilines is 1. The third-order valence-electron chi connectivity index (χ3n) is 5.08. The van der Waals surface area contributed by atoms with Crippen molar-refractivity contribution in [2.24, 2.45) is 0 Å². The first-order valence-electron chi connectivity index (χ1n) is 10.0. The zero-order valence-electron chi connectivity index (χ0n) is 17.7. The van der Waals surface area contributed by atoms with Crippen LogP contribution in [0.1, 0.15) is 17.0 Å². The number of rotatable bonds is 5. The van der Waals surface area contributed by atoms with Crippen LogP contribution in [0.15, 0.2) is 71.5 Å². The molecule has 0 saturated carbocycles. The number of aromatic nitrogens is 2. The number of hydrogen-bond acceptors (Lipinski definition) is 4. The third kappa shape index (κ3) is 4.33. The highest BCUT2D eigenvalue weighted by atomic mass is 16.5. The molecule has 0 fully saturated rings. The van der Waals surface area contributed by atoms with E-state index in [4.69, 9.17) is 4.74 Å². The fourth-order valence-corrected chi connectivity index (χ4v) is 3.44. The number of fused-ring (bicyclic) bond motifs is 1. The highest BCUT2D eigenvalue weighted by molar-refractivity contribution is 5.92. The van der Waals surface area contributed by atoms with Crippen LogP contribution < -0.4 is 15.6 Å². The second-order valence-electron chi connectivity index (χ2n) is 7.47. The number of aryl methyl sites for hydroxylation is 3. The Balaban J connectivity index is 1.53. The van der Waals surface area contributed by atoms with Crippen molar-refractivity contribution in [1.82, 2.24) is 9.55 Å². The lowest BCUT2D eigenvalue weighted by molar-refractivity contribution is -0.118. The molecule has 0 atom stereocenters. The van der Waals surface area contributed by atoms with Crippen LogP contribution in [0.5, 0.6) is 5.75 Å². The van der Waals surface area contributed by atoms with Gasteiger partial charge < -0.3 is 10.1 Å². The van der Waals surface area contributed by atoms with E-state index in [1.54, 1.807) is 29.7 Å². The van der Waals surface area contributed by atoms with Gasteiger partial charge in [-0.2, -0.15) is 0 Å². The number of para-hydroxylation sites is 1. The van der Waals surface area contributed by atoms with Crippen molar-refractivity contribution in [2.75, 3.05) is 11.9 Å². The van der Waals surface area contributed by atoms with Crippen molar-refractivity contribution in [3.63, 3.8) is 0 Å². The normalized spacial score (nSPS) is 10.8. The molecule has 6 nitrogen and oxygen atoms in total. The molecule has 1 heterocycles. The summed E-state index contributed by atoms with van der Waals surface area (Å²) in [5.74, 6) is 0.995. The van der Waals surface area contributed by atoms with Gasteiger partial charge in [-0.05, 0) is 68.8 Å². The summed E-state index contributed by atoms with van der Waals surface area (Å²) in [5.41, 5.74) is 3.89. The fraction of sp³-hybridized carbons (Fsp3) is 0.160. The Labute approximate surface area is 180 Å². The number of carbonyl (C=O) groups excluding carboxylic acids is 1. The second-order valence-corrected chi connectivity index (χ2v) is 7.47. The molecular formula is C25H23N3O3. The number of hydrogen-bond donors (Lipinski definition) is 1. The predicted octanol–water partition coefficient (Wildman–Crippen LogP) is 4.33. The molecule has 1 aromatic heterocycles. The van der Waals surface area contributed by atoms with E-state index in [0.29, 0.717) is 33.9 Å². The van der Waals surface area contributed by atoms with Gasteiger partial charge in [0.2, 0.25) is 0 Å². The van der Waals surface area contributed by atoms with Gasteiger partial charge in [0, 0.05) is 5.69 Å². The summed E-state index contributed by atoms with van der Waals surface area (Å²) in [6.07, 6.45) is 0. The Kier molecular flexibility index (Phi) is 5.54. The van der Waals surface area contributed by atoms with Gasteiger partial charge in [-0.25, -0.2) is 4.98 Å². The van der Waals surface area contributed by atoms with Crippen LogP contribution >= 0.6 is 0 Å². The molecule has 1 N–H and O–H groups in total. The monoisotopic (exact) mass is 413 g/mol. The number of nitrogens with zero attached hydrogens (tertiary/aromatic N) is 2. The van der Waals surface area contributed by atoms with Crippen molar-refractivity contribution in [2.45, 2.75) is 20.8 Å². The molecule has 0 aliphatic heterocycles. The molecule has 4 aromatic rings. The van der Waals surface area contributed by atoms with Crippen molar-refractivity contribution < 1.29 is 9.53 Å². The number of ether oxygens (including phenoxy) is 1. The van der Waals surface area contributed by atoms with E-state index in [2.05, 4.69) is 10.3 Å². The van der Waals surface area contributed by atoms with Crippen LogP contribution in [0.4, 0.5) is 5.69 Å². The number of benzene rings is 3. The Morgan fingerprint density at radius 2 is 1.74 bits per heavy atom. The van der Waals surface area contributed by atoms with E-state index in [-0.39, 0.29) is 18.1 Å². The van der Waals surface area contributed by atoms with Gasteiger partial charge in [-0.1, -0.05) is 29.8 Å². The maximum Gasteiger partial charge on any atom is 0.265 e. The Hall–Kier alpha value is -3.93. The SMILES string of the molecule is Cc1ccc(OCC(=O)Nc2ccc(-n3c(C)nc4ccccc4c3=O)cc2C)cc1. The van der Waals surface area contributed by atoms with E-state index < -0.39 is 0 Å². The molecule has 0 unspecified atom stereocenters. The quantitative estimate of drug-likeness (QED) is 0.529. The molecule has 0 saturated heterocycles. The van der Waals surface area contributed by atoms with Gasteiger partial charge in [-0.3, -0.25) is 14.2 Å². The summed E-state index contributed by atoms with van der Waals surface area (Å²) in [5, 5.41) is 3.43. The van der Waals surface area contributed by atoms with Crippen LogP contribution in [0.2, 0.25) is 0 Å². The number of carbonyl (C=O) groups is 1. The molecule has 6 heteroatoms. The maximum absolute atomic E-state index is 13.0. The van der Waals surface area contributed by atoms with Crippen LogP contribution in [0, 0.1) is 20.8 Å². The van der Waals surface area contributed by atoms with Gasteiger partial charge in [0.15, 0.2) is 6.61 Å². The van der Waals surface area contributed by atoms with E-state index >= 15 is 0 Å². The lowest BCUT2D eigenvalue weighted by atomic mass is 10.1. The predicted molar refractivity (Wildman–Crippen MR) is 122 cm³/mol. The molecule has 1 amide bonds. The van der Waals surface area contributed by atoms with Crippen molar-refractivity contribution in [1.29, 1.82) is 0 Å². The number of nitrogens with one attached hydrogen (secondary N) is 1. The Bertz CT molecular complexity index is 1320. The lowest BCUT2D eigenvalue weighted by Gasteiger charge is -2.14. The smallest absolute Gasteiger partial charge is 0.265 e. The molecule has 31 heavy (non-hydrogen) atoms. The Morgan fingerprint density at radius 3 is 2.48 bits per heavy atom. The van der Waals surface area contributed by atoms with Gasteiger partial charge in [0.05, 0.1) is 16.6 Å². The van der Waals surface area contributed by atoms with Crippen molar-refractivity contribution >= 4 is 22.5 Å². The molecule has 0 aliphatic carbocycles. The second kappa shape index (κ2) is 8.44. The topological polar surface area (TPSA) is 73.2 Å². The average molecular weight is 413 g/mol. The first-order valence-corrected chi connectivity index (χ1v) is 10.0. The molecule has 0 spiro atoms. The Morgan fingerprint density at radius 1 is 1.00 bits per heavy atom. The molecule has 0 radical (unpaired) electrons. The molecular weight excluding hydrogens is 390 g/mol. The highest BCUT2D eigenvalue weighted by Gasteiger charge is 2.12. The van der Waals surface area contributed by atoms with Crippen molar-refractivity contribution in [3.05, 3.63) is 94.0 Å². The highest BCUT2D eigenvalue weighted by Crippen LogP contribution is 2.20. The summed E-state index contributed by atoms with van der Waals surface area (Å²) in [6.45, 7) is 5.60. The standard InChI is InChI=1S/C25H23N3O3/c1-16-8-11-20(12-9-16)31-15-24(29)27-22-13-10-19(14-17(22)2)28-18(3)26-23-7-5-4-6-21(23)25(28)30/h4-14H,15H2,1-3H3,(H,27,29). The lowest BCUT2D eigenvalue weighted by Crippen LogP contribution is -2.23. The minimum absolute atomic E-state index is 0.0859. The molecule has 0 aliphatic rings. The van der Waals surface area contributed by atoms with E-state index in [1.807, 2.05) is 62.4 Å². The maximum atomic E-state index is 13.0. The molecule has 156 valence electrons. The van der Waals surface area contributed by atoms with Crippen LogP contribution in [0.25, 0.3) is 16.6 Å². The third-order valence-corrected chi connectivity index (χ3v) is 5.08. The van der Waals surface area contributed by atoms with Crippen LogP contribution in [-0.4, -0.2) is 22.1 Å². The van der Waals surface area contributed by atoms with E-state index in [0.717, 1.165) is 11.1 Å².